The summed E-state index contributed by atoms with van der Waals surface area (Å²) in [5.41, 5.74) is 2.09. The maximum atomic E-state index is 9.73. The van der Waals surface area contributed by atoms with E-state index in [4.69, 9.17) is 5.11 Å². The second kappa shape index (κ2) is 4.75. The van der Waals surface area contributed by atoms with Crippen molar-refractivity contribution in [3.63, 3.8) is 0 Å². The van der Waals surface area contributed by atoms with E-state index in [2.05, 4.69) is 10.5 Å². The summed E-state index contributed by atoms with van der Waals surface area (Å²) >= 11 is 0. The Labute approximate surface area is 59.3 Å². The van der Waals surface area contributed by atoms with Gasteiger partial charge < -0.3 is 10.0 Å². The zero-order valence-electron chi connectivity index (χ0n) is 6.03. The van der Waals surface area contributed by atoms with E-state index >= 15 is 0 Å². The summed E-state index contributed by atoms with van der Waals surface area (Å²) in [6, 6.07) is 0. The van der Waals surface area contributed by atoms with E-state index in [0.717, 1.165) is 0 Å². The third-order valence-corrected chi connectivity index (χ3v) is 0.904. The molecule has 0 unspecified atom stereocenters. The number of amides is 1. The van der Waals surface area contributed by atoms with Crippen LogP contribution in [0.15, 0.2) is 5.10 Å². The number of nitrogens with zero attached hydrogens (tertiary/aromatic N) is 2. The van der Waals surface area contributed by atoms with Crippen molar-refractivity contribution in [3.05, 3.63) is 0 Å². The van der Waals surface area contributed by atoms with Gasteiger partial charge in [-0.3, -0.25) is 4.79 Å². The van der Waals surface area contributed by atoms with E-state index in [1.165, 1.54) is 0 Å². The lowest BCUT2D eigenvalue weighted by molar-refractivity contribution is -0.109. The number of carbonyl (C=O) groups is 1. The van der Waals surface area contributed by atoms with Gasteiger partial charge in [0.25, 0.3) is 0 Å². The second-order valence-corrected chi connectivity index (χ2v) is 1.83. The second-order valence-electron chi connectivity index (χ2n) is 1.83. The topological polar surface area (TPSA) is 64.9 Å². The van der Waals surface area contributed by atoms with Gasteiger partial charge in [0.1, 0.15) is 6.61 Å². The molecule has 2 N–H and O–H groups in total. The lowest BCUT2D eigenvalue weighted by atomic mass is 10.6. The minimum atomic E-state index is -0.187. The molecule has 0 aromatic carbocycles. The number of nitrogens with one attached hydrogen (secondary N) is 1. The Morgan fingerprint density at radius 1 is 1.80 bits per heavy atom. The molecule has 5 nitrogen and oxygen atoms in total. The highest BCUT2D eigenvalue weighted by Gasteiger charge is 1.96. The number of aliphatic hydroxyl groups is 1. The van der Waals surface area contributed by atoms with E-state index in [9.17, 15) is 4.79 Å². The molecule has 10 heavy (non-hydrogen) atoms. The average Bonchev–Trinajstić information content (AvgIpc) is 1.89. The summed E-state index contributed by atoms with van der Waals surface area (Å²) in [6.45, 7) is -0.187. The van der Waals surface area contributed by atoms with Crippen LogP contribution >= 0.6 is 0 Å². The summed E-state index contributed by atoms with van der Waals surface area (Å²) in [5.74, 6) is 0.409. The molecule has 0 saturated carbocycles. The number of aliphatic hydroxyl groups excluding tert-OH is 1. The smallest absolute Gasteiger partial charge is 0.227 e. The van der Waals surface area contributed by atoms with Gasteiger partial charge in [0, 0.05) is 14.1 Å². The zero-order valence-corrected chi connectivity index (χ0v) is 6.03. The van der Waals surface area contributed by atoms with Crippen LogP contribution in [-0.2, 0) is 4.79 Å². The molecular weight excluding hydrogens is 134 g/mol. The van der Waals surface area contributed by atoms with E-state index in [-0.39, 0.29) is 6.61 Å². The van der Waals surface area contributed by atoms with Crippen molar-refractivity contribution in [3.8, 4) is 0 Å². The van der Waals surface area contributed by atoms with Crippen LogP contribution in [0.25, 0.3) is 0 Å². The van der Waals surface area contributed by atoms with E-state index in [1.54, 1.807) is 19.0 Å². The zero-order chi connectivity index (χ0) is 7.98. The van der Waals surface area contributed by atoms with Crippen molar-refractivity contribution in [1.82, 2.24) is 10.3 Å². The minimum Gasteiger partial charge on any atom is -0.388 e. The first-order valence-corrected chi connectivity index (χ1v) is 2.76. The number of amidine groups is 1. The lowest BCUT2D eigenvalue weighted by Gasteiger charge is -2.11. The Bertz CT molecular complexity index is 133. The Morgan fingerprint density at radius 2 is 2.40 bits per heavy atom. The van der Waals surface area contributed by atoms with Gasteiger partial charge in [0.05, 0.1) is 0 Å². The molecule has 0 heterocycles. The van der Waals surface area contributed by atoms with E-state index < -0.39 is 0 Å². The molecule has 0 fully saturated rings. The Balaban J connectivity index is 3.90. The van der Waals surface area contributed by atoms with Gasteiger partial charge in [0.15, 0.2) is 5.84 Å². The van der Waals surface area contributed by atoms with E-state index in [1.807, 2.05) is 0 Å². The van der Waals surface area contributed by atoms with Gasteiger partial charge in [-0.2, -0.15) is 5.10 Å². The highest BCUT2D eigenvalue weighted by atomic mass is 16.3. The molecule has 0 radical (unpaired) electrons. The fourth-order valence-corrected chi connectivity index (χ4v) is 0.378. The molecule has 58 valence electrons. The summed E-state index contributed by atoms with van der Waals surface area (Å²) < 4.78 is 0. The number of carbonyl (C=O) groups excluding carboxylic acids is 1. The Hall–Kier alpha value is -1.10. The number of hydrogen-bond acceptors (Lipinski definition) is 3. The van der Waals surface area contributed by atoms with Crippen LogP contribution < -0.4 is 5.43 Å². The molecule has 0 rings (SSSR count). The maximum Gasteiger partial charge on any atom is 0.227 e. The van der Waals surface area contributed by atoms with Crippen molar-refractivity contribution in [2.45, 2.75) is 0 Å². The van der Waals surface area contributed by atoms with Crippen LogP contribution in [0.3, 0.4) is 0 Å². The highest BCUT2D eigenvalue weighted by Crippen LogP contribution is 1.78. The average molecular weight is 145 g/mol. The molecule has 0 aromatic rings. The molecule has 0 spiro atoms. The van der Waals surface area contributed by atoms with Crippen LogP contribution in [0.5, 0.6) is 0 Å². The molecule has 0 saturated heterocycles. The number of rotatable bonds is 3. The van der Waals surface area contributed by atoms with Crippen LogP contribution in [0, 0.1) is 0 Å². The molecule has 1 amide bonds. The van der Waals surface area contributed by atoms with Gasteiger partial charge in [-0.15, -0.1) is 0 Å². The molecule has 0 aliphatic heterocycles. The molecule has 0 aliphatic carbocycles. The van der Waals surface area contributed by atoms with Crippen molar-refractivity contribution in [1.29, 1.82) is 0 Å². The van der Waals surface area contributed by atoms with Crippen molar-refractivity contribution in [2.24, 2.45) is 5.10 Å². The standard InChI is InChI=1S/C5H11N3O2/c1-8(2)5(3-9)7-6-4-10/h4,9H,3H2,1-2H3,(H,6,10)/b7-5-. The maximum absolute atomic E-state index is 9.73. The molecule has 5 heteroatoms. The normalized spacial score (nSPS) is 10.9. The minimum absolute atomic E-state index is 0.187. The number of likely N-dealkylation sites (N-methyl/N-ethyl adjacent to an activating group) is 1. The quantitative estimate of drug-likeness (QED) is 0.222. The van der Waals surface area contributed by atoms with Crippen molar-refractivity contribution >= 4 is 12.2 Å². The third-order valence-electron chi connectivity index (χ3n) is 0.904. The first kappa shape index (κ1) is 8.90. The summed E-state index contributed by atoms with van der Waals surface area (Å²) in [7, 11) is 3.45. The van der Waals surface area contributed by atoms with Crippen LogP contribution in [-0.4, -0.2) is 43.0 Å². The fraction of sp³-hybridized carbons (Fsp3) is 0.600. The number of hydrogen-bond donors (Lipinski definition) is 2. The molecule has 0 atom stereocenters. The monoisotopic (exact) mass is 145 g/mol. The Morgan fingerprint density at radius 3 is 2.70 bits per heavy atom. The first-order valence-electron chi connectivity index (χ1n) is 2.76. The summed E-state index contributed by atoms with van der Waals surface area (Å²) in [4.78, 5) is 11.3. The van der Waals surface area contributed by atoms with Crippen molar-refractivity contribution < 1.29 is 9.90 Å². The van der Waals surface area contributed by atoms with E-state index in [0.29, 0.717) is 12.2 Å². The molecule has 0 aromatic heterocycles. The SMILES string of the molecule is CN(C)/C(CO)=N\NC=O. The van der Waals surface area contributed by atoms with Crippen LogP contribution in [0.1, 0.15) is 0 Å². The Kier molecular flexibility index (Phi) is 4.23. The van der Waals surface area contributed by atoms with Gasteiger partial charge in [-0.25, -0.2) is 5.43 Å². The summed E-state index contributed by atoms with van der Waals surface area (Å²) in [6.07, 6.45) is 0.444. The van der Waals surface area contributed by atoms with Crippen LogP contribution in [0.4, 0.5) is 0 Å². The van der Waals surface area contributed by atoms with Gasteiger partial charge >= 0.3 is 0 Å². The van der Waals surface area contributed by atoms with Gasteiger partial charge in [0.2, 0.25) is 6.41 Å². The van der Waals surface area contributed by atoms with Crippen LogP contribution in [0.2, 0.25) is 0 Å². The molecular formula is C5H11N3O2. The first-order chi connectivity index (χ1) is 4.72. The molecule has 0 aliphatic rings. The fourth-order valence-electron chi connectivity index (χ4n) is 0.378. The predicted octanol–water partition coefficient (Wildman–Crippen LogP) is -1.40. The lowest BCUT2D eigenvalue weighted by Crippen LogP contribution is -2.27. The third kappa shape index (κ3) is 3.03. The largest absolute Gasteiger partial charge is 0.388 e. The highest BCUT2D eigenvalue weighted by molar-refractivity contribution is 5.83. The predicted molar refractivity (Wildman–Crippen MR) is 37.4 cm³/mol. The van der Waals surface area contributed by atoms with Gasteiger partial charge in [-0.1, -0.05) is 0 Å². The number of hydrazone groups is 1. The van der Waals surface area contributed by atoms with Crippen molar-refractivity contribution in [2.75, 3.05) is 20.7 Å². The summed E-state index contributed by atoms with van der Waals surface area (Å²) in [5, 5.41) is 12.1. The molecule has 0 bridgehead atoms. The van der Waals surface area contributed by atoms with Gasteiger partial charge in [-0.05, 0) is 0 Å².